The van der Waals surface area contributed by atoms with Gasteiger partial charge < -0.3 is 20.1 Å². The van der Waals surface area contributed by atoms with Crippen LogP contribution in [0.25, 0.3) is 0 Å². The lowest BCUT2D eigenvalue weighted by Crippen LogP contribution is -2.23. The molecule has 0 aliphatic rings. The quantitative estimate of drug-likeness (QED) is 0.493. The number of pyridine rings is 1. The van der Waals surface area contributed by atoms with Crippen LogP contribution in [0.5, 0.6) is 11.5 Å². The lowest BCUT2D eigenvalue weighted by molar-refractivity contribution is 0.0953. The topological polar surface area (TPSA) is 89.6 Å². The Hall–Kier alpha value is -3.87. The molecule has 0 unspecified atom stereocenters. The molecule has 0 spiro atoms. The average molecular weight is 434 g/mol. The molecule has 32 heavy (non-hydrogen) atoms. The zero-order valence-electron chi connectivity index (χ0n) is 18.3. The number of anilines is 1. The first-order valence-corrected chi connectivity index (χ1v) is 10.6. The number of nitrogens with zero attached hydrogens (tertiary/aromatic N) is 1. The Balaban J connectivity index is 1.66. The van der Waals surface area contributed by atoms with Gasteiger partial charge in [0, 0.05) is 35.8 Å². The van der Waals surface area contributed by atoms with Crippen LogP contribution in [0.3, 0.4) is 0 Å². The summed E-state index contributed by atoms with van der Waals surface area (Å²) in [5.74, 6) is 0.642. The number of hydrogen-bond donors (Lipinski definition) is 2. The van der Waals surface area contributed by atoms with E-state index >= 15 is 0 Å². The van der Waals surface area contributed by atoms with Crippen molar-refractivity contribution < 1.29 is 19.1 Å². The van der Waals surface area contributed by atoms with E-state index in [9.17, 15) is 9.59 Å². The highest BCUT2D eigenvalue weighted by molar-refractivity contribution is 6.05. The molecule has 0 bridgehead atoms. The molecule has 0 saturated heterocycles. The van der Waals surface area contributed by atoms with Crippen LogP contribution in [0, 0.1) is 0 Å². The van der Waals surface area contributed by atoms with Gasteiger partial charge in [-0.05, 0) is 73.5 Å². The molecule has 3 aromatic rings. The number of carbonyl (C=O) groups excluding carboxylic acids is 2. The molecule has 0 atom stereocenters. The molecule has 0 fully saturated rings. The van der Waals surface area contributed by atoms with Crippen molar-refractivity contribution in [2.45, 2.75) is 26.9 Å². The maximum atomic E-state index is 12.7. The van der Waals surface area contributed by atoms with Crippen LogP contribution in [-0.2, 0) is 6.61 Å². The first kappa shape index (κ1) is 22.8. The molecule has 0 saturated carbocycles. The highest BCUT2D eigenvalue weighted by Crippen LogP contribution is 2.29. The van der Waals surface area contributed by atoms with Crippen molar-refractivity contribution in [3.63, 3.8) is 0 Å². The molecule has 0 aliphatic heterocycles. The Morgan fingerprint density at radius 2 is 1.56 bits per heavy atom. The molecule has 2 aromatic carbocycles. The number of amides is 2. The second kappa shape index (κ2) is 11.5. The molecule has 7 heteroatoms. The number of aromatic nitrogens is 1. The zero-order chi connectivity index (χ0) is 22.8. The number of carbonyl (C=O) groups is 2. The van der Waals surface area contributed by atoms with Crippen LogP contribution < -0.4 is 20.1 Å². The standard InChI is InChI=1S/C25H27N3O4/c1-3-13-27-24(29)19-5-8-21(9-6-19)28-25(30)20-7-10-22(23(16-20)31-4-2)32-17-18-11-14-26-15-12-18/h5-12,14-16H,3-4,13,17H2,1-2H3,(H,27,29)(H,28,30). The Kier molecular flexibility index (Phi) is 8.20. The second-order valence-corrected chi connectivity index (χ2v) is 7.03. The largest absolute Gasteiger partial charge is 0.490 e. The summed E-state index contributed by atoms with van der Waals surface area (Å²) in [7, 11) is 0. The van der Waals surface area contributed by atoms with E-state index in [0.717, 1.165) is 12.0 Å². The van der Waals surface area contributed by atoms with Crippen LogP contribution >= 0.6 is 0 Å². The first-order chi connectivity index (χ1) is 15.6. The Morgan fingerprint density at radius 1 is 0.844 bits per heavy atom. The highest BCUT2D eigenvalue weighted by Gasteiger charge is 2.13. The number of hydrogen-bond acceptors (Lipinski definition) is 5. The summed E-state index contributed by atoms with van der Waals surface area (Å²) in [5.41, 5.74) is 2.56. The van der Waals surface area contributed by atoms with Crippen molar-refractivity contribution in [3.05, 3.63) is 83.7 Å². The third kappa shape index (κ3) is 6.31. The summed E-state index contributed by atoms with van der Waals surface area (Å²) in [4.78, 5) is 28.7. The van der Waals surface area contributed by atoms with Gasteiger partial charge in [-0.3, -0.25) is 14.6 Å². The van der Waals surface area contributed by atoms with E-state index in [1.165, 1.54) is 0 Å². The fourth-order valence-corrected chi connectivity index (χ4v) is 2.93. The van der Waals surface area contributed by atoms with Gasteiger partial charge in [-0.15, -0.1) is 0 Å². The van der Waals surface area contributed by atoms with Gasteiger partial charge in [-0.2, -0.15) is 0 Å². The van der Waals surface area contributed by atoms with E-state index in [1.54, 1.807) is 54.9 Å². The van der Waals surface area contributed by atoms with Crippen LogP contribution in [0.1, 0.15) is 46.5 Å². The van der Waals surface area contributed by atoms with E-state index in [4.69, 9.17) is 9.47 Å². The Morgan fingerprint density at radius 3 is 2.25 bits per heavy atom. The highest BCUT2D eigenvalue weighted by atomic mass is 16.5. The normalized spacial score (nSPS) is 10.3. The van der Waals surface area contributed by atoms with Crippen molar-refractivity contribution in [2.75, 3.05) is 18.5 Å². The van der Waals surface area contributed by atoms with Crippen LogP contribution in [-0.4, -0.2) is 29.9 Å². The molecule has 2 N–H and O–H groups in total. The monoisotopic (exact) mass is 433 g/mol. The van der Waals surface area contributed by atoms with Gasteiger partial charge in [0.15, 0.2) is 11.5 Å². The molecule has 0 aliphatic carbocycles. The number of nitrogens with one attached hydrogen (secondary N) is 2. The lowest BCUT2D eigenvalue weighted by atomic mass is 10.1. The predicted octanol–water partition coefficient (Wildman–Crippen LogP) is 4.45. The SMILES string of the molecule is CCCNC(=O)c1ccc(NC(=O)c2ccc(OCc3ccncc3)c(OCC)c2)cc1. The van der Waals surface area contributed by atoms with Gasteiger partial charge >= 0.3 is 0 Å². The third-order valence-electron chi connectivity index (χ3n) is 4.59. The molecule has 0 radical (unpaired) electrons. The lowest BCUT2D eigenvalue weighted by Gasteiger charge is -2.14. The maximum Gasteiger partial charge on any atom is 0.255 e. The summed E-state index contributed by atoms with van der Waals surface area (Å²) in [6.45, 7) is 5.31. The molecular formula is C25H27N3O4. The van der Waals surface area contributed by atoms with Crippen LogP contribution in [0.4, 0.5) is 5.69 Å². The van der Waals surface area contributed by atoms with Gasteiger partial charge in [-0.25, -0.2) is 0 Å². The van der Waals surface area contributed by atoms with Gasteiger partial charge in [0.2, 0.25) is 0 Å². The molecule has 2 amide bonds. The van der Waals surface area contributed by atoms with E-state index < -0.39 is 0 Å². The molecule has 1 heterocycles. The maximum absolute atomic E-state index is 12.7. The second-order valence-electron chi connectivity index (χ2n) is 7.03. The van der Waals surface area contributed by atoms with E-state index in [2.05, 4.69) is 15.6 Å². The predicted molar refractivity (Wildman–Crippen MR) is 123 cm³/mol. The van der Waals surface area contributed by atoms with Crippen LogP contribution in [0.15, 0.2) is 67.0 Å². The summed E-state index contributed by atoms with van der Waals surface area (Å²) >= 11 is 0. The van der Waals surface area contributed by atoms with Gasteiger partial charge in [0.25, 0.3) is 11.8 Å². The number of rotatable bonds is 10. The smallest absolute Gasteiger partial charge is 0.255 e. The minimum Gasteiger partial charge on any atom is -0.490 e. The first-order valence-electron chi connectivity index (χ1n) is 10.6. The van der Waals surface area contributed by atoms with Crippen molar-refractivity contribution >= 4 is 17.5 Å². The third-order valence-corrected chi connectivity index (χ3v) is 4.59. The molecule has 3 rings (SSSR count). The Bertz CT molecular complexity index is 1040. The van der Waals surface area contributed by atoms with Crippen LogP contribution in [0.2, 0.25) is 0 Å². The fraction of sp³-hybridized carbons (Fsp3) is 0.240. The molecule has 1 aromatic heterocycles. The minimum absolute atomic E-state index is 0.131. The molecule has 166 valence electrons. The number of benzene rings is 2. The van der Waals surface area contributed by atoms with Gasteiger partial charge in [-0.1, -0.05) is 6.92 Å². The van der Waals surface area contributed by atoms with Crippen molar-refractivity contribution in [3.8, 4) is 11.5 Å². The van der Waals surface area contributed by atoms with E-state index in [-0.39, 0.29) is 11.8 Å². The summed E-state index contributed by atoms with van der Waals surface area (Å²) in [6.07, 6.45) is 4.29. The fourth-order valence-electron chi connectivity index (χ4n) is 2.93. The molecule has 7 nitrogen and oxygen atoms in total. The molecular weight excluding hydrogens is 406 g/mol. The number of ether oxygens (including phenoxy) is 2. The van der Waals surface area contributed by atoms with Crippen molar-refractivity contribution in [2.24, 2.45) is 0 Å². The van der Waals surface area contributed by atoms with E-state index in [1.807, 2.05) is 26.0 Å². The zero-order valence-corrected chi connectivity index (χ0v) is 18.3. The summed E-state index contributed by atoms with van der Waals surface area (Å²) < 4.78 is 11.5. The average Bonchev–Trinajstić information content (AvgIpc) is 2.83. The van der Waals surface area contributed by atoms with Crippen molar-refractivity contribution in [1.29, 1.82) is 0 Å². The van der Waals surface area contributed by atoms with E-state index in [0.29, 0.717) is 48.1 Å². The van der Waals surface area contributed by atoms with Crippen molar-refractivity contribution in [1.82, 2.24) is 10.3 Å². The Labute approximate surface area is 187 Å². The summed E-state index contributed by atoms with van der Waals surface area (Å²) in [5, 5.41) is 5.66. The van der Waals surface area contributed by atoms with Gasteiger partial charge in [0.1, 0.15) is 6.61 Å². The minimum atomic E-state index is -0.283. The van der Waals surface area contributed by atoms with Gasteiger partial charge in [0.05, 0.1) is 6.61 Å². The summed E-state index contributed by atoms with van der Waals surface area (Å²) in [6, 6.07) is 15.6.